The molecule has 0 unspecified atom stereocenters. The van der Waals surface area contributed by atoms with E-state index in [1.165, 1.54) is 10.5 Å². The molecule has 1 aromatic carbocycles. The molecule has 0 atom stereocenters. The summed E-state index contributed by atoms with van der Waals surface area (Å²) in [6, 6.07) is 8.02. The molecule has 6 heteroatoms. The number of H-pyrrole nitrogens is 1. The number of aryl methyl sites for hydroxylation is 1. The van der Waals surface area contributed by atoms with E-state index in [9.17, 15) is 4.79 Å². The van der Waals surface area contributed by atoms with Gasteiger partial charge in [0.15, 0.2) is 0 Å². The topological polar surface area (TPSA) is 66.3 Å². The molecule has 0 amide bonds. The quantitative estimate of drug-likeness (QED) is 0.677. The molecule has 1 fully saturated rings. The minimum Gasteiger partial charge on any atom is -0.360 e. The van der Waals surface area contributed by atoms with Crippen molar-refractivity contribution in [2.75, 3.05) is 37.6 Å². The van der Waals surface area contributed by atoms with Crippen LogP contribution in [0, 0.1) is 0 Å². The Morgan fingerprint density at radius 1 is 1.19 bits per heavy atom. The molecule has 1 aliphatic heterocycles. The maximum atomic E-state index is 12.9. The molecule has 6 nitrogen and oxygen atoms in total. The third-order valence-electron chi connectivity index (χ3n) is 5.20. The summed E-state index contributed by atoms with van der Waals surface area (Å²) in [6.07, 6.45) is 6.37. The Labute approximate surface area is 152 Å². The van der Waals surface area contributed by atoms with Gasteiger partial charge in [0.25, 0.3) is 0 Å². The van der Waals surface area contributed by atoms with Gasteiger partial charge in [-0.05, 0) is 18.1 Å². The van der Waals surface area contributed by atoms with Gasteiger partial charge in [0.2, 0.25) is 11.7 Å². The number of piperazine rings is 1. The Morgan fingerprint density at radius 3 is 2.69 bits per heavy atom. The number of carbonyl (C=O) groups excluding carboxylic acids is 1. The number of rotatable bonds is 5. The SMILES string of the molecule is CCc1cccc2c(C(=O)C[NH+]3CCN(c4ncccn4)CC3)c[nH]c12. The number of anilines is 1. The van der Waals surface area contributed by atoms with E-state index in [-0.39, 0.29) is 5.78 Å². The van der Waals surface area contributed by atoms with Gasteiger partial charge in [-0.15, -0.1) is 0 Å². The standard InChI is InChI=1S/C20H23N5O/c1-2-15-5-3-6-16-17(13-23-19(15)16)18(26)14-24-9-11-25(12-10-24)20-21-7-4-8-22-20/h3-8,13,23H,2,9-12,14H2,1H3/p+1. The lowest BCUT2D eigenvalue weighted by molar-refractivity contribution is -0.892. The zero-order valence-electron chi connectivity index (χ0n) is 15.0. The number of nitrogens with one attached hydrogen (secondary N) is 2. The van der Waals surface area contributed by atoms with Gasteiger partial charge in [-0.2, -0.15) is 0 Å². The van der Waals surface area contributed by atoms with Crippen molar-refractivity contribution in [2.45, 2.75) is 13.3 Å². The van der Waals surface area contributed by atoms with Crippen LogP contribution < -0.4 is 9.80 Å². The van der Waals surface area contributed by atoms with E-state index >= 15 is 0 Å². The smallest absolute Gasteiger partial charge is 0.225 e. The van der Waals surface area contributed by atoms with E-state index < -0.39 is 0 Å². The van der Waals surface area contributed by atoms with Crippen molar-refractivity contribution in [1.82, 2.24) is 15.0 Å². The summed E-state index contributed by atoms with van der Waals surface area (Å²) in [5, 5.41) is 1.05. The molecule has 0 saturated carbocycles. The summed E-state index contributed by atoms with van der Waals surface area (Å²) in [7, 11) is 0. The zero-order valence-corrected chi connectivity index (χ0v) is 15.0. The number of hydrogen-bond donors (Lipinski definition) is 2. The number of para-hydroxylation sites is 1. The van der Waals surface area contributed by atoms with Crippen LogP contribution in [0.15, 0.2) is 42.9 Å². The summed E-state index contributed by atoms with van der Waals surface area (Å²) >= 11 is 0. The number of ketones is 1. The molecule has 0 spiro atoms. The van der Waals surface area contributed by atoms with Crippen LogP contribution in [0.5, 0.6) is 0 Å². The van der Waals surface area contributed by atoms with Gasteiger partial charge in [-0.25, -0.2) is 9.97 Å². The van der Waals surface area contributed by atoms with Crippen molar-refractivity contribution in [3.63, 3.8) is 0 Å². The predicted molar refractivity (Wildman–Crippen MR) is 102 cm³/mol. The monoisotopic (exact) mass is 350 g/mol. The minimum absolute atomic E-state index is 0.212. The Hall–Kier alpha value is -2.73. The van der Waals surface area contributed by atoms with Crippen molar-refractivity contribution < 1.29 is 9.69 Å². The first-order valence-corrected chi connectivity index (χ1v) is 9.24. The van der Waals surface area contributed by atoms with Crippen molar-refractivity contribution in [2.24, 2.45) is 0 Å². The molecule has 0 bridgehead atoms. The Balaban J connectivity index is 1.42. The molecule has 1 saturated heterocycles. The van der Waals surface area contributed by atoms with Gasteiger partial charge in [-0.3, -0.25) is 4.79 Å². The molecule has 4 rings (SSSR count). The van der Waals surface area contributed by atoms with Gasteiger partial charge in [0, 0.05) is 35.1 Å². The summed E-state index contributed by atoms with van der Waals surface area (Å²) < 4.78 is 0. The summed E-state index contributed by atoms with van der Waals surface area (Å²) in [5.41, 5.74) is 3.17. The molecule has 134 valence electrons. The molecule has 0 radical (unpaired) electrons. The van der Waals surface area contributed by atoms with Crippen molar-refractivity contribution in [3.8, 4) is 0 Å². The number of fused-ring (bicyclic) bond motifs is 1. The third-order valence-corrected chi connectivity index (χ3v) is 5.20. The summed E-state index contributed by atoms with van der Waals surface area (Å²) in [6.45, 7) is 6.27. The van der Waals surface area contributed by atoms with Crippen LogP contribution in [0.2, 0.25) is 0 Å². The molecule has 0 aliphatic carbocycles. The van der Waals surface area contributed by atoms with Crippen LogP contribution in [0.3, 0.4) is 0 Å². The zero-order chi connectivity index (χ0) is 17.9. The number of hydrogen-bond acceptors (Lipinski definition) is 4. The van der Waals surface area contributed by atoms with Crippen LogP contribution in [0.4, 0.5) is 5.95 Å². The highest BCUT2D eigenvalue weighted by atomic mass is 16.1. The second kappa shape index (κ2) is 7.25. The van der Waals surface area contributed by atoms with Gasteiger partial charge >= 0.3 is 0 Å². The van der Waals surface area contributed by atoms with Gasteiger partial charge in [-0.1, -0.05) is 25.1 Å². The number of aromatic nitrogens is 3. The average molecular weight is 350 g/mol. The molecule has 3 aromatic rings. The third kappa shape index (κ3) is 3.20. The van der Waals surface area contributed by atoms with E-state index in [0.717, 1.165) is 55.0 Å². The second-order valence-electron chi connectivity index (χ2n) is 6.78. The lowest BCUT2D eigenvalue weighted by atomic mass is 10.0. The van der Waals surface area contributed by atoms with E-state index in [1.54, 1.807) is 12.4 Å². The molecule has 2 N–H and O–H groups in total. The lowest BCUT2D eigenvalue weighted by Gasteiger charge is -2.31. The predicted octanol–water partition coefficient (Wildman–Crippen LogP) is 1.11. The summed E-state index contributed by atoms with van der Waals surface area (Å²) in [5.74, 6) is 0.991. The highest BCUT2D eigenvalue weighted by Crippen LogP contribution is 2.22. The van der Waals surface area contributed by atoms with E-state index in [1.807, 2.05) is 24.4 Å². The molecule has 1 aliphatic rings. The number of benzene rings is 1. The Bertz CT molecular complexity index is 897. The molecule has 3 heterocycles. The van der Waals surface area contributed by atoms with Crippen LogP contribution in [-0.4, -0.2) is 53.5 Å². The Morgan fingerprint density at radius 2 is 1.96 bits per heavy atom. The molecular formula is C20H24N5O+. The fourth-order valence-electron chi connectivity index (χ4n) is 3.72. The lowest BCUT2D eigenvalue weighted by Crippen LogP contribution is -3.15. The maximum absolute atomic E-state index is 12.9. The fourth-order valence-corrected chi connectivity index (χ4v) is 3.72. The number of quaternary nitrogens is 1. The first kappa shape index (κ1) is 16.7. The number of aromatic amines is 1. The molecule has 26 heavy (non-hydrogen) atoms. The average Bonchev–Trinajstić information content (AvgIpc) is 3.13. The first-order chi connectivity index (χ1) is 12.8. The van der Waals surface area contributed by atoms with Gasteiger partial charge < -0.3 is 14.8 Å². The largest absolute Gasteiger partial charge is 0.360 e. The highest BCUT2D eigenvalue weighted by molar-refractivity contribution is 6.08. The van der Waals surface area contributed by atoms with Crippen LogP contribution in [0.1, 0.15) is 22.8 Å². The minimum atomic E-state index is 0.212. The number of Topliss-reactive ketones (excluding diaryl/α,β-unsaturated/α-hetero) is 1. The van der Waals surface area contributed by atoms with E-state index in [2.05, 4.69) is 32.8 Å². The maximum Gasteiger partial charge on any atom is 0.225 e. The molecular weight excluding hydrogens is 326 g/mol. The normalized spacial score (nSPS) is 15.5. The summed E-state index contributed by atoms with van der Waals surface area (Å²) in [4.78, 5) is 28.3. The number of nitrogens with zero attached hydrogens (tertiary/aromatic N) is 3. The van der Waals surface area contributed by atoms with E-state index in [4.69, 9.17) is 0 Å². The fraction of sp³-hybridized carbons (Fsp3) is 0.350. The first-order valence-electron chi connectivity index (χ1n) is 9.24. The van der Waals surface area contributed by atoms with Crippen molar-refractivity contribution in [3.05, 3.63) is 54.0 Å². The number of carbonyl (C=O) groups is 1. The van der Waals surface area contributed by atoms with Crippen molar-refractivity contribution >= 4 is 22.6 Å². The highest BCUT2D eigenvalue weighted by Gasteiger charge is 2.25. The van der Waals surface area contributed by atoms with Crippen LogP contribution >= 0.6 is 0 Å². The van der Waals surface area contributed by atoms with Crippen LogP contribution in [-0.2, 0) is 6.42 Å². The van der Waals surface area contributed by atoms with Gasteiger partial charge in [0.05, 0.1) is 26.2 Å². The Kier molecular flexibility index (Phi) is 4.67. The van der Waals surface area contributed by atoms with Crippen LogP contribution in [0.25, 0.3) is 10.9 Å². The van der Waals surface area contributed by atoms with Crippen molar-refractivity contribution in [1.29, 1.82) is 0 Å². The second-order valence-corrected chi connectivity index (χ2v) is 6.78. The van der Waals surface area contributed by atoms with Gasteiger partial charge in [0.1, 0.15) is 6.54 Å². The molecule has 2 aromatic heterocycles. The van der Waals surface area contributed by atoms with E-state index in [0.29, 0.717) is 6.54 Å².